The lowest BCUT2D eigenvalue weighted by Crippen LogP contribution is -2.17. The van der Waals surface area contributed by atoms with E-state index in [-0.39, 0.29) is 0 Å². The number of ether oxygens (including phenoxy) is 5. The second kappa shape index (κ2) is 18.2. The van der Waals surface area contributed by atoms with Gasteiger partial charge in [0.2, 0.25) is 0 Å². The summed E-state index contributed by atoms with van der Waals surface area (Å²) in [6, 6.07) is 11.9. The van der Waals surface area contributed by atoms with Gasteiger partial charge >= 0.3 is 0 Å². The van der Waals surface area contributed by atoms with E-state index in [0.29, 0.717) is 82.4 Å². The normalized spacial score (nSPS) is 15.3. The maximum Gasteiger partial charge on any atom is 0.161 e. The van der Waals surface area contributed by atoms with Crippen molar-refractivity contribution in [3.63, 3.8) is 0 Å². The van der Waals surface area contributed by atoms with Gasteiger partial charge in [-0.15, -0.1) is 0 Å². The Labute approximate surface area is 320 Å². The molecule has 2 saturated carbocycles. The predicted molar refractivity (Wildman–Crippen MR) is 203 cm³/mol. The van der Waals surface area contributed by atoms with E-state index in [1.165, 1.54) is 25.7 Å². The van der Waals surface area contributed by atoms with Gasteiger partial charge in [-0.1, -0.05) is 84.2 Å². The van der Waals surface area contributed by atoms with Crippen LogP contribution in [0.25, 0.3) is 0 Å². The Morgan fingerprint density at radius 1 is 0.569 bits per heavy atom. The smallest absolute Gasteiger partial charge is 0.161 e. The first-order valence-corrected chi connectivity index (χ1v) is 19.3. The lowest BCUT2D eigenvalue weighted by molar-refractivity contribution is -0.0151. The van der Waals surface area contributed by atoms with Crippen molar-refractivity contribution in [3.8, 4) is 23.0 Å². The molecule has 11 heteroatoms. The Balaban J connectivity index is 1.40. The van der Waals surface area contributed by atoms with Crippen LogP contribution in [-0.4, -0.2) is 36.4 Å². The molecule has 0 bridgehead atoms. The number of rotatable bonds is 20. The fraction of sp³-hybridized carbons (Fsp3) is 0.450. The van der Waals surface area contributed by atoms with Crippen LogP contribution in [-0.2, 0) is 17.6 Å². The van der Waals surface area contributed by atoms with Gasteiger partial charge in [0.15, 0.2) is 23.0 Å². The molecular formula is C40H44Cl4N2O5. The van der Waals surface area contributed by atoms with E-state index in [1.54, 1.807) is 24.8 Å². The average Bonchev–Trinajstić information content (AvgIpc) is 4.06. The highest BCUT2D eigenvalue weighted by Gasteiger charge is 2.28. The highest BCUT2D eigenvalue weighted by molar-refractivity contribution is 6.36. The molecule has 0 aliphatic heterocycles. The monoisotopic (exact) mass is 772 g/mol. The van der Waals surface area contributed by atoms with E-state index in [9.17, 15) is 0 Å². The number of pyridine rings is 2. The van der Waals surface area contributed by atoms with E-state index in [0.717, 1.165) is 46.9 Å². The second-order valence-corrected chi connectivity index (χ2v) is 14.8. The maximum atomic E-state index is 7.20. The van der Waals surface area contributed by atoms with E-state index in [2.05, 4.69) is 9.97 Å². The van der Waals surface area contributed by atoms with Crippen molar-refractivity contribution in [2.45, 2.75) is 77.4 Å². The highest BCUT2D eigenvalue weighted by atomic mass is 35.5. The zero-order valence-corrected chi connectivity index (χ0v) is 32.0. The highest BCUT2D eigenvalue weighted by Crippen LogP contribution is 2.42. The summed E-state index contributed by atoms with van der Waals surface area (Å²) in [4.78, 5) is 8.35. The van der Waals surface area contributed by atoms with Crippen LogP contribution in [0.2, 0.25) is 20.1 Å². The molecule has 2 aromatic carbocycles. The first kappa shape index (κ1) is 37.8. The molecule has 51 heavy (non-hydrogen) atoms. The number of aromatic nitrogens is 2. The van der Waals surface area contributed by atoms with Gasteiger partial charge < -0.3 is 23.7 Å². The zero-order valence-electron chi connectivity index (χ0n) is 29.0. The third-order valence-corrected chi connectivity index (χ3v) is 10.6. The molecule has 0 N–H and O–H groups in total. The summed E-state index contributed by atoms with van der Waals surface area (Å²) < 4.78 is 31.8. The van der Waals surface area contributed by atoms with Crippen molar-refractivity contribution >= 4 is 46.4 Å². The fourth-order valence-corrected chi connectivity index (χ4v) is 7.07. The van der Waals surface area contributed by atoms with E-state index < -0.39 is 12.2 Å². The van der Waals surface area contributed by atoms with Crippen LogP contribution in [0.1, 0.15) is 86.8 Å². The lowest BCUT2D eigenvalue weighted by atomic mass is 9.98. The van der Waals surface area contributed by atoms with E-state index in [4.69, 9.17) is 70.1 Å². The summed E-state index contributed by atoms with van der Waals surface area (Å²) in [6.07, 6.45) is 13.1. The molecule has 0 radical (unpaired) electrons. The molecule has 6 rings (SSSR count). The number of halogens is 4. The Kier molecular flexibility index (Phi) is 13.5. The maximum absolute atomic E-state index is 7.20. The van der Waals surface area contributed by atoms with E-state index >= 15 is 0 Å². The van der Waals surface area contributed by atoms with Crippen molar-refractivity contribution in [1.29, 1.82) is 0 Å². The van der Waals surface area contributed by atoms with Gasteiger partial charge in [0.05, 0.1) is 58.7 Å². The Hall–Kier alpha value is -2.94. The number of benzene rings is 2. The lowest BCUT2D eigenvalue weighted by Gasteiger charge is -2.28. The number of hydrogen-bond donors (Lipinski definition) is 0. The third-order valence-electron chi connectivity index (χ3n) is 9.25. The Morgan fingerprint density at radius 2 is 0.961 bits per heavy atom. The molecule has 0 amide bonds. The molecule has 0 saturated heterocycles. The largest absolute Gasteiger partial charge is 0.490 e. The molecule has 0 spiro atoms. The summed E-state index contributed by atoms with van der Waals surface area (Å²) in [5.41, 5.74) is 3.18. The topological polar surface area (TPSA) is 71.9 Å². The van der Waals surface area contributed by atoms with Gasteiger partial charge in [-0.2, -0.15) is 0 Å². The minimum absolute atomic E-state index is 0.353. The molecule has 272 valence electrons. The molecule has 2 aliphatic rings. The van der Waals surface area contributed by atoms with Crippen LogP contribution in [0.3, 0.4) is 0 Å². The van der Waals surface area contributed by atoms with Gasteiger partial charge in [0.25, 0.3) is 0 Å². The number of nitrogens with zero attached hydrogens (tertiary/aromatic N) is 2. The first-order valence-electron chi connectivity index (χ1n) is 17.8. The molecule has 2 aromatic heterocycles. The molecule has 2 heterocycles. The van der Waals surface area contributed by atoms with Crippen LogP contribution in [0.15, 0.2) is 61.2 Å². The second-order valence-electron chi connectivity index (χ2n) is 13.1. The summed E-state index contributed by atoms with van der Waals surface area (Å²) in [5.74, 6) is 4.17. The minimum Gasteiger partial charge on any atom is -0.490 e. The van der Waals surface area contributed by atoms with Gasteiger partial charge in [0.1, 0.15) is 0 Å². The van der Waals surface area contributed by atoms with Crippen LogP contribution in [0.5, 0.6) is 23.0 Å². The van der Waals surface area contributed by atoms with Gasteiger partial charge in [-0.3, -0.25) is 9.97 Å². The molecule has 2 atom stereocenters. The Morgan fingerprint density at radius 3 is 1.31 bits per heavy atom. The molecule has 2 aliphatic carbocycles. The van der Waals surface area contributed by atoms with Crippen LogP contribution >= 0.6 is 46.4 Å². The summed E-state index contributed by atoms with van der Waals surface area (Å²) in [7, 11) is 0. The first-order chi connectivity index (χ1) is 24.8. The van der Waals surface area contributed by atoms with E-state index in [1.807, 2.05) is 50.2 Å². The average molecular weight is 775 g/mol. The van der Waals surface area contributed by atoms with Crippen molar-refractivity contribution in [2.24, 2.45) is 11.8 Å². The third kappa shape index (κ3) is 10.6. The van der Waals surface area contributed by atoms with Crippen molar-refractivity contribution in [3.05, 3.63) is 104 Å². The van der Waals surface area contributed by atoms with Gasteiger partial charge in [-0.05, 0) is 85.0 Å². The number of hydrogen-bond acceptors (Lipinski definition) is 7. The standard InChI is InChI=1S/C40H44Cl4N2O5/c1-3-47-35-11-9-27(17-39(35)49-15-13-25-5-6-25)37(19-29-31(41)21-45-22-32(29)42)51-38(20-30-33(43)23-46-24-34(30)44)28-10-12-36(48-4-2)40(18-28)50-16-14-26-7-8-26/h9-12,17-18,21-26,37-38H,3-8,13-16,19-20H2,1-2H3. The molecule has 2 fully saturated rings. The van der Waals surface area contributed by atoms with Crippen molar-refractivity contribution in [1.82, 2.24) is 9.97 Å². The fourth-order valence-electron chi connectivity index (χ4n) is 6.03. The molecular weight excluding hydrogens is 730 g/mol. The zero-order chi connectivity index (χ0) is 35.7. The summed E-state index contributed by atoms with van der Waals surface area (Å²) in [5, 5.41) is 1.80. The molecule has 4 aromatic rings. The van der Waals surface area contributed by atoms with Gasteiger partial charge in [0, 0.05) is 37.6 Å². The minimum atomic E-state index is -0.543. The summed E-state index contributed by atoms with van der Waals surface area (Å²) >= 11 is 26.8. The van der Waals surface area contributed by atoms with Crippen molar-refractivity contribution in [2.75, 3.05) is 26.4 Å². The molecule has 7 nitrogen and oxygen atoms in total. The van der Waals surface area contributed by atoms with Crippen LogP contribution in [0, 0.1) is 11.8 Å². The van der Waals surface area contributed by atoms with Crippen LogP contribution in [0.4, 0.5) is 0 Å². The predicted octanol–water partition coefficient (Wildman–Crippen LogP) is 11.5. The molecule has 2 unspecified atom stereocenters. The SMILES string of the molecule is CCOc1ccc(C(Cc2c(Cl)cncc2Cl)OC(Cc2c(Cl)cncc2Cl)c2ccc(OCC)c(OCCC3CC3)c2)cc1OCCC1CC1. The quantitative estimate of drug-likeness (QED) is 0.0885. The Bertz CT molecular complexity index is 1600. The van der Waals surface area contributed by atoms with Gasteiger partial charge in [-0.25, -0.2) is 0 Å². The van der Waals surface area contributed by atoms with Crippen LogP contribution < -0.4 is 18.9 Å². The summed E-state index contributed by atoms with van der Waals surface area (Å²) in [6.45, 7) is 6.17. The van der Waals surface area contributed by atoms with Crippen molar-refractivity contribution < 1.29 is 23.7 Å².